The van der Waals surface area contributed by atoms with Crippen LogP contribution in [0.1, 0.15) is 34.4 Å². The molecular formula is C14H16BrN3O. The SMILES string of the molecule is CCn1nc(C)c(Br)c1CC(=O)c1ncccc1C. The van der Waals surface area contributed by atoms with Crippen LogP contribution in [0.5, 0.6) is 0 Å². The molecule has 0 amide bonds. The van der Waals surface area contributed by atoms with Crippen LogP contribution in [0.3, 0.4) is 0 Å². The van der Waals surface area contributed by atoms with Crippen LogP contribution >= 0.6 is 15.9 Å². The molecule has 5 heteroatoms. The summed E-state index contributed by atoms with van der Waals surface area (Å²) >= 11 is 3.51. The molecule has 4 nitrogen and oxygen atoms in total. The summed E-state index contributed by atoms with van der Waals surface area (Å²) in [5.41, 5.74) is 3.26. The third-order valence-corrected chi connectivity index (χ3v) is 4.09. The summed E-state index contributed by atoms with van der Waals surface area (Å²) in [6.07, 6.45) is 1.96. The third-order valence-electron chi connectivity index (χ3n) is 3.05. The normalized spacial score (nSPS) is 10.7. The minimum absolute atomic E-state index is 0.0217. The Labute approximate surface area is 121 Å². The van der Waals surface area contributed by atoms with Gasteiger partial charge in [0, 0.05) is 12.7 Å². The molecule has 0 aliphatic heterocycles. The standard InChI is InChI=1S/C14H16BrN3O/c1-4-18-11(13(15)10(3)17-18)8-12(19)14-9(2)6-5-7-16-14/h5-7H,4,8H2,1-3H3. The monoisotopic (exact) mass is 321 g/mol. The first-order valence-electron chi connectivity index (χ1n) is 6.21. The van der Waals surface area contributed by atoms with Gasteiger partial charge in [0.05, 0.1) is 22.3 Å². The summed E-state index contributed by atoms with van der Waals surface area (Å²) in [5.74, 6) is 0.0217. The number of ketones is 1. The number of nitrogens with zero attached hydrogens (tertiary/aromatic N) is 3. The Morgan fingerprint density at radius 3 is 2.79 bits per heavy atom. The fraction of sp³-hybridized carbons (Fsp3) is 0.357. The Hall–Kier alpha value is -1.49. The molecule has 0 N–H and O–H groups in total. The maximum Gasteiger partial charge on any atom is 0.187 e. The highest BCUT2D eigenvalue weighted by Gasteiger charge is 2.18. The molecule has 2 rings (SSSR count). The summed E-state index contributed by atoms with van der Waals surface area (Å²) in [5, 5.41) is 4.39. The second-order valence-electron chi connectivity index (χ2n) is 4.43. The lowest BCUT2D eigenvalue weighted by molar-refractivity contribution is 0.0985. The van der Waals surface area contributed by atoms with Gasteiger partial charge in [0.15, 0.2) is 5.78 Å². The first-order valence-corrected chi connectivity index (χ1v) is 7.00. The van der Waals surface area contributed by atoms with E-state index in [0.717, 1.165) is 28.0 Å². The largest absolute Gasteiger partial charge is 0.292 e. The third kappa shape index (κ3) is 2.76. The molecule has 19 heavy (non-hydrogen) atoms. The van der Waals surface area contributed by atoms with E-state index in [1.54, 1.807) is 6.20 Å². The number of halogens is 1. The fourth-order valence-corrected chi connectivity index (χ4v) is 2.48. The van der Waals surface area contributed by atoms with Crippen LogP contribution in [0, 0.1) is 13.8 Å². The smallest absolute Gasteiger partial charge is 0.187 e. The van der Waals surface area contributed by atoms with Crippen molar-refractivity contribution in [3.05, 3.63) is 45.4 Å². The van der Waals surface area contributed by atoms with Gasteiger partial charge < -0.3 is 0 Å². The Bertz CT molecular complexity index is 619. The molecule has 0 radical (unpaired) electrons. The molecule has 2 aromatic heterocycles. The van der Waals surface area contributed by atoms with Crippen LogP contribution in [0.15, 0.2) is 22.8 Å². The molecule has 0 aliphatic carbocycles. The van der Waals surface area contributed by atoms with Crippen LogP contribution in [-0.2, 0) is 13.0 Å². The average molecular weight is 322 g/mol. The molecule has 0 bridgehead atoms. The summed E-state index contributed by atoms with van der Waals surface area (Å²) in [4.78, 5) is 16.5. The van der Waals surface area contributed by atoms with Crippen molar-refractivity contribution >= 4 is 21.7 Å². The van der Waals surface area contributed by atoms with Crippen molar-refractivity contribution in [2.45, 2.75) is 33.7 Å². The first kappa shape index (κ1) is 13.9. The number of carbonyl (C=O) groups is 1. The second kappa shape index (κ2) is 5.65. The van der Waals surface area contributed by atoms with E-state index in [9.17, 15) is 4.79 Å². The van der Waals surface area contributed by atoms with Crippen molar-refractivity contribution in [2.24, 2.45) is 0 Å². The molecule has 0 saturated heterocycles. The summed E-state index contributed by atoms with van der Waals surface area (Å²) in [6.45, 7) is 6.59. The number of Topliss-reactive ketones (excluding diaryl/α,β-unsaturated/α-hetero) is 1. The molecule has 2 heterocycles. The predicted molar refractivity (Wildman–Crippen MR) is 77.3 cm³/mol. The lowest BCUT2D eigenvalue weighted by Gasteiger charge is -2.06. The van der Waals surface area contributed by atoms with Crippen molar-refractivity contribution in [3.8, 4) is 0 Å². The first-order chi connectivity index (χ1) is 9.04. The molecule has 0 aliphatic rings. The second-order valence-corrected chi connectivity index (χ2v) is 5.22. The van der Waals surface area contributed by atoms with Crippen LogP contribution in [-0.4, -0.2) is 20.5 Å². The van der Waals surface area contributed by atoms with Gasteiger partial charge in [0.25, 0.3) is 0 Å². The lowest BCUT2D eigenvalue weighted by Crippen LogP contribution is -2.12. The molecule has 0 unspecified atom stereocenters. The molecule has 2 aromatic rings. The van der Waals surface area contributed by atoms with E-state index in [4.69, 9.17) is 0 Å². The van der Waals surface area contributed by atoms with Gasteiger partial charge in [-0.15, -0.1) is 0 Å². The molecule has 0 spiro atoms. The summed E-state index contributed by atoms with van der Waals surface area (Å²) < 4.78 is 2.77. The van der Waals surface area contributed by atoms with Gasteiger partial charge in [0.2, 0.25) is 0 Å². The van der Waals surface area contributed by atoms with Crippen LogP contribution in [0.4, 0.5) is 0 Å². The zero-order chi connectivity index (χ0) is 14.0. The van der Waals surface area contributed by atoms with E-state index < -0.39 is 0 Å². The Balaban J connectivity index is 2.32. The minimum atomic E-state index is 0.0217. The van der Waals surface area contributed by atoms with Crippen LogP contribution in [0.25, 0.3) is 0 Å². The van der Waals surface area contributed by atoms with Gasteiger partial charge in [-0.3, -0.25) is 14.5 Å². The van der Waals surface area contributed by atoms with Crippen molar-refractivity contribution in [3.63, 3.8) is 0 Å². The zero-order valence-corrected chi connectivity index (χ0v) is 12.9. The number of carbonyl (C=O) groups excluding carboxylic acids is 1. The molecular weight excluding hydrogens is 306 g/mol. The number of aryl methyl sites for hydroxylation is 3. The van der Waals surface area contributed by atoms with Gasteiger partial charge in [0.1, 0.15) is 5.69 Å². The van der Waals surface area contributed by atoms with E-state index >= 15 is 0 Å². The topological polar surface area (TPSA) is 47.8 Å². The highest BCUT2D eigenvalue weighted by molar-refractivity contribution is 9.10. The minimum Gasteiger partial charge on any atom is -0.292 e. The fourth-order valence-electron chi connectivity index (χ4n) is 2.05. The van der Waals surface area contributed by atoms with Crippen LogP contribution in [0.2, 0.25) is 0 Å². The molecule has 0 aromatic carbocycles. The number of rotatable bonds is 4. The van der Waals surface area contributed by atoms with E-state index in [1.165, 1.54) is 0 Å². The Morgan fingerprint density at radius 2 is 2.16 bits per heavy atom. The van der Waals surface area contributed by atoms with Crippen LogP contribution < -0.4 is 0 Å². The molecule has 0 fully saturated rings. The van der Waals surface area contributed by atoms with Crippen molar-refractivity contribution < 1.29 is 4.79 Å². The number of hydrogen-bond donors (Lipinski definition) is 0. The highest BCUT2D eigenvalue weighted by Crippen LogP contribution is 2.22. The van der Waals surface area contributed by atoms with E-state index in [-0.39, 0.29) is 5.78 Å². The number of hydrogen-bond acceptors (Lipinski definition) is 3. The van der Waals surface area contributed by atoms with Crippen molar-refractivity contribution in [1.82, 2.24) is 14.8 Å². The Morgan fingerprint density at radius 1 is 1.42 bits per heavy atom. The number of aromatic nitrogens is 3. The van der Waals surface area contributed by atoms with Gasteiger partial charge in [-0.05, 0) is 48.3 Å². The zero-order valence-electron chi connectivity index (χ0n) is 11.3. The number of pyridine rings is 1. The lowest BCUT2D eigenvalue weighted by atomic mass is 10.1. The van der Waals surface area contributed by atoms with E-state index in [0.29, 0.717) is 12.1 Å². The van der Waals surface area contributed by atoms with Gasteiger partial charge in [-0.25, -0.2) is 0 Å². The predicted octanol–water partition coefficient (Wildman–Crippen LogP) is 3.10. The summed E-state index contributed by atoms with van der Waals surface area (Å²) in [6, 6.07) is 3.74. The van der Waals surface area contributed by atoms with Gasteiger partial charge in [-0.2, -0.15) is 5.10 Å². The highest BCUT2D eigenvalue weighted by atomic mass is 79.9. The van der Waals surface area contributed by atoms with E-state index in [2.05, 4.69) is 26.0 Å². The van der Waals surface area contributed by atoms with Crippen molar-refractivity contribution in [1.29, 1.82) is 0 Å². The molecule has 0 atom stereocenters. The van der Waals surface area contributed by atoms with Gasteiger partial charge >= 0.3 is 0 Å². The maximum atomic E-state index is 12.3. The average Bonchev–Trinajstić information content (AvgIpc) is 2.67. The Kier molecular flexibility index (Phi) is 4.14. The van der Waals surface area contributed by atoms with E-state index in [1.807, 2.05) is 37.6 Å². The summed E-state index contributed by atoms with van der Waals surface area (Å²) in [7, 11) is 0. The quantitative estimate of drug-likeness (QED) is 0.813. The molecule has 100 valence electrons. The molecule has 0 saturated carbocycles. The van der Waals surface area contributed by atoms with Crippen molar-refractivity contribution in [2.75, 3.05) is 0 Å². The maximum absolute atomic E-state index is 12.3. The van der Waals surface area contributed by atoms with Gasteiger partial charge in [-0.1, -0.05) is 6.07 Å².